The van der Waals surface area contributed by atoms with Gasteiger partial charge in [-0.15, -0.1) is 0 Å². The number of nitriles is 1. The summed E-state index contributed by atoms with van der Waals surface area (Å²) >= 11 is 0. The molecule has 6 heteroatoms. The third kappa shape index (κ3) is 3.17. The first-order valence-corrected chi connectivity index (χ1v) is 10.3. The van der Waals surface area contributed by atoms with Gasteiger partial charge in [0.05, 0.1) is 16.9 Å². The van der Waals surface area contributed by atoms with Crippen molar-refractivity contribution in [3.63, 3.8) is 0 Å². The quantitative estimate of drug-likeness (QED) is 0.618. The van der Waals surface area contributed by atoms with Crippen LogP contribution in [-0.4, -0.2) is 23.1 Å². The second kappa shape index (κ2) is 7.12. The van der Waals surface area contributed by atoms with Crippen molar-refractivity contribution < 1.29 is 0 Å². The Morgan fingerprint density at radius 1 is 1.20 bits per heavy atom. The molecule has 2 aromatic carbocycles. The number of nitrogens with zero attached hydrogens (tertiary/aromatic N) is 3. The third-order valence-corrected chi connectivity index (χ3v) is 6.04. The van der Waals surface area contributed by atoms with Gasteiger partial charge in [0.25, 0.3) is 0 Å². The van der Waals surface area contributed by atoms with Crippen LogP contribution in [0, 0.1) is 11.3 Å². The highest BCUT2D eigenvalue weighted by molar-refractivity contribution is 5.76. The molecule has 0 amide bonds. The SMILES string of the molecule is CC1(C)CNc2c(C#N)cc(-c3ccnc(Nc4cccc5c4CNCC5)n3)cc21. The second-order valence-corrected chi connectivity index (χ2v) is 8.56. The number of benzene rings is 2. The molecule has 0 aliphatic carbocycles. The van der Waals surface area contributed by atoms with Gasteiger partial charge in [0, 0.05) is 36.0 Å². The normalized spacial score (nSPS) is 16.2. The molecule has 3 heterocycles. The van der Waals surface area contributed by atoms with Crippen LogP contribution in [0.3, 0.4) is 0 Å². The number of nitrogens with one attached hydrogen (secondary N) is 3. The molecule has 0 fully saturated rings. The second-order valence-electron chi connectivity index (χ2n) is 8.56. The molecule has 2 aliphatic heterocycles. The largest absolute Gasteiger partial charge is 0.383 e. The molecular weight excluding hydrogens is 372 g/mol. The number of fused-ring (bicyclic) bond motifs is 2. The van der Waals surface area contributed by atoms with E-state index in [1.165, 1.54) is 11.1 Å². The smallest absolute Gasteiger partial charge is 0.227 e. The Hall–Kier alpha value is -3.43. The van der Waals surface area contributed by atoms with Crippen LogP contribution in [0.15, 0.2) is 42.6 Å². The zero-order valence-corrected chi connectivity index (χ0v) is 17.2. The van der Waals surface area contributed by atoms with Crippen LogP contribution >= 0.6 is 0 Å². The minimum absolute atomic E-state index is 0.0266. The predicted molar refractivity (Wildman–Crippen MR) is 119 cm³/mol. The zero-order chi connectivity index (χ0) is 20.7. The minimum atomic E-state index is -0.0266. The monoisotopic (exact) mass is 396 g/mol. The lowest BCUT2D eigenvalue weighted by Gasteiger charge is -2.20. The van der Waals surface area contributed by atoms with Crippen LogP contribution in [0.5, 0.6) is 0 Å². The van der Waals surface area contributed by atoms with Crippen molar-refractivity contribution in [2.45, 2.75) is 32.2 Å². The summed E-state index contributed by atoms with van der Waals surface area (Å²) in [5.74, 6) is 0.558. The molecule has 0 saturated carbocycles. The maximum absolute atomic E-state index is 9.66. The number of anilines is 3. The van der Waals surface area contributed by atoms with Crippen molar-refractivity contribution in [2.24, 2.45) is 0 Å². The van der Waals surface area contributed by atoms with E-state index in [0.29, 0.717) is 11.5 Å². The zero-order valence-electron chi connectivity index (χ0n) is 17.2. The summed E-state index contributed by atoms with van der Waals surface area (Å²) in [5.41, 5.74) is 8.15. The highest BCUT2D eigenvalue weighted by atomic mass is 15.1. The maximum Gasteiger partial charge on any atom is 0.227 e. The van der Waals surface area contributed by atoms with E-state index in [2.05, 4.69) is 65.1 Å². The first kappa shape index (κ1) is 18.6. The third-order valence-electron chi connectivity index (χ3n) is 6.04. The molecule has 0 unspecified atom stereocenters. The van der Waals surface area contributed by atoms with Gasteiger partial charge in [0.1, 0.15) is 6.07 Å². The van der Waals surface area contributed by atoms with Crippen LogP contribution in [0.1, 0.15) is 36.1 Å². The molecule has 0 atom stereocenters. The lowest BCUT2D eigenvalue weighted by atomic mass is 9.85. The van der Waals surface area contributed by atoms with E-state index in [1.807, 2.05) is 12.1 Å². The van der Waals surface area contributed by atoms with E-state index in [-0.39, 0.29) is 5.41 Å². The first-order chi connectivity index (χ1) is 14.5. The summed E-state index contributed by atoms with van der Waals surface area (Å²) in [5, 5.41) is 19.9. The average molecular weight is 396 g/mol. The van der Waals surface area contributed by atoms with Crippen LogP contribution in [0.4, 0.5) is 17.3 Å². The average Bonchev–Trinajstić information content (AvgIpc) is 3.08. The predicted octanol–water partition coefficient (Wildman–Crippen LogP) is 4.11. The van der Waals surface area contributed by atoms with Crippen molar-refractivity contribution in [2.75, 3.05) is 23.7 Å². The van der Waals surface area contributed by atoms with Crippen LogP contribution < -0.4 is 16.0 Å². The number of aromatic nitrogens is 2. The van der Waals surface area contributed by atoms with E-state index in [0.717, 1.165) is 54.3 Å². The van der Waals surface area contributed by atoms with Crippen LogP contribution in [-0.2, 0) is 18.4 Å². The van der Waals surface area contributed by atoms with E-state index < -0.39 is 0 Å². The van der Waals surface area contributed by atoms with Gasteiger partial charge < -0.3 is 16.0 Å². The molecule has 0 saturated heterocycles. The lowest BCUT2D eigenvalue weighted by Crippen LogP contribution is -2.24. The summed E-state index contributed by atoms with van der Waals surface area (Å²) < 4.78 is 0. The molecule has 0 radical (unpaired) electrons. The molecule has 5 rings (SSSR count). The first-order valence-electron chi connectivity index (χ1n) is 10.3. The summed E-state index contributed by atoms with van der Waals surface area (Å²) in [6, 6.07) is 14.6. The number of hydrogen-bond acceptors (Lipinski definition) is 6. The van der Waals surface area contributed by atoms with Crippen molar-refractivity contribution in [3.8, 4) is 17.3 Å². The Kier molecular flexibility index (Phi) is 4.41. The van der Waals surface area contributed by atoms with Gasteiger partial charge in [-0.05, 0) is 53.9 Å². The van der Waals surface area contributed by atoms with Gasteiger partial charge in [-0.2, -0.15) is 5.26 Å². The van der Waals surface area contributed by atoms with E-state index >= 15 is 0 Å². The van der Waals surface area contributed by atoms with Crippen molar-refractivity contribution in [1.82, 2.24) is 15.3 Å². The fourth-order valence-corrected chi connectivity index (χ4v) is 4.34. The Bertz CT molecular complexity index is 1170. The molecule has 0 bridgehead atoms. The van der Waals surface area contributed by atoms with Crippen LogP contribution in [0.2, 0.25) is 0 Å². The summed E-state index contributed by atoms with van der Waals surface area (Å²) in [6.07, 6.45) is 2.79. The highest BCUT2D eigenvalue weighted by Gasteiger charge is 2.32. The molecule has 150 valence electrons. The Morgan fingerprint density at radius 2 is 2.10 bits per heavy atom. The fourth-order valence-electron chi connectivity index (χ4n) is 4.34. The van der Waals surface area contributed by atoms with E-state index in [9.17, 15) is 5.26 Å². The molecule has 6 nitrogen and oxygen atoms in total. The molecular formula is C24H24N6. The highest BCUT2D eigenvalue weighted by Crippen LogP contribution is 2.41. The Labute approximate surface area is 176 Å². The van der Waals surface area contributed by atoms with Gasteiger partial charge in [0.15, 0.2) is 0 Å². The standard InChI is InChI=1S/C24H24N6/c1-24(2)14-28-22-17(12-25)10-16(11-19(22)24)20-7-9-27-23(29-20)30-21-5-3-4-15-6-8-26-13-18(15)21/h3-5,7,9-11,26,28H,6,8,13-14H2,1-2H3,(H,27,29,30). The molecule has 2 aliphatic rings. The van der Waals surface area contributed by atoms with Gasteiger partial charge in [-0.3, -0.25) is 0 Å². The maximum atomic E-state index is 9.66. The minimum Gasteiger partial charge on any atom is -0.383 e. The molecule has 3 aromatic rings. The van der Waals surface area contributed by atoms with Crippen molar-refractivity contribution >= 4 is 17.3 Å². The molecule has 30 heavy (non-hydrogen) atoms. The fraction of sp³-hybridized carbons (Fsp3) is 0.292. The number of hydrogen-bond donors (Lipinski definition) is 3. The van der Waals surface area contributed by atoms with Gasteiger partial charge in [-0.25, -0.2) is 9.97 Å². The summed E-state index contributed by atoms with van der Waals surface area (Å²) in [4.78, 5) is 9.20. The Morgan fingerprint density at radius 3 is 2.97 bits per heavy atom. The molecule has 1 aromatic heterocycles. The summed E-state index contributed by atoms with van der Waals surface area (Å²) in [7, 11) is 0. The summed E-state index contributed by atoms with van der Waals surface area (Å²) in [6.45, 7) is 7.06. The number of rotatable bonds is 3. The van der Waals surface area contributed by atoms with Gasteiger partial charge >= 0.3 is 0 Å². The van der Waals surface area contributed by atoms with Gasteiger partial charge in [0.2, 0.25) is 5.95 Å². The van der Waals surface area contributed by atoms with Crippen LogP contribution in [0.25, 0.3) is 11.3 Å². The van der Waals surface area contributed by atoms with Crippen molar-refractivity contribution in [3.05, 3.63) is 64.8 Å². The Balaban J connectivity index is 1.52. The van der Waals surface area contributed by atoms with E-state index in [4.69, 9.17) is 4.98 Å². The topological polar surface area (TPSA) is 85.7 Å². The van der Waals surface area contributed by atoms with E-state index in [1.54, 1.807) is 6.20 Å². The van der Waals surface area contributed by atoms with Crippen molar-refractivity contribution in [1.29, 1.82) is 5.26 Å². The lowest BCUT2D eigenvalue weighted by molar-refractivity contribution is 0.586. The molecule has 3 N–H and O–H groups in total. The van der Waals surface area contributed by atoms with Gasteiger partial charge in [-0.1, -0.05) is 26.0 Å². The molecule has 0 spiro atoms.